The predicted octanol–water partition coefficient (Wildman–Crippen LogP) is 2.47. The van der Waals surface area contributed by atoms with Crippen molar-refractivity contribution in [1.29, 1.82) is 0 Å². The summed E-state index contributed by atoms with van der Waals surface area (Å²) in [5, 5.41) is 9.09. The Labute approximate surface area is 135 Å². The molecule has 1 amide bonds. The molecule has 1 aromatic heterocycles. The molecule has 0 unspecified atom stereocenters. The zero-order valence-corrected chi connectivity index (χ0v) is 14.0. The second-order valence-electron chi connectivity index (χ2n) is 5.69. The molecule has 21 heavy (non-hydrogen) atoms. The van der Waals surface area contributed by atoms with Crippen molar-refractivity contribution in [3.63, 3.8) is 0 Å². The van der Waals surface area contributed by atoms with Crippen LogP contribution in [0.25, 0.3) is 0 Å². The molecule has 0 bridgehead atoms. The number of carbonyl (C=O) groups is 1. The highest BCUT2D eigenvalue weighted by molar-refractivity contribution is 7.10. The molecule has 0 aromatic carbocycles. The summed E-state index contributed by atoms with van der Waals surface area (Å²) >= 11 is 7.49. The minimum Gasteiger partial charge on any atom is -0.384 e. The summed E-state index contributed by atoms with van der Waals surface area (Å²) < 4.78 is 5.36. The van der Waals surface area contributed by atoms with Crippen LogP contribution in [0.1, 0.15) is 24.1 Å². The lowest BCUT2D eigenvalue weighted by Crippen LogP contribution is -2.47. The van der Waals surface area contributed by atoms with Crippen LogP contribution in [-0.2, 0) is 16.0 Å². The number of halogens is 1. The van der Waals surface area contributed by atoms with Crippen molar-refractivity contribution in [2.24, 2.45) is 5.41 Å². The molecule has 6 heteroatoms. The third kappa shape index (κ3) is 5.25. The van der Waals surface area contributed by atoms with Crippen molar-refractivity contribution in [2.45, 2.75) is 25.7 Å². The van der Waals surface area contributed by atoms with Crippen LogP contribution in [0.4, 0.5) is 0 Å². The maximum Gasteiger partial charge on any atom is 0.220 e. The van der Waals surface area contributed by atoms with E-state index in [2.05, 4.69) is 10.6 Å². The Hall–Kier alpha value is -0.620. The molecule has 1 saturated heterocycles. The van der Waals surface area contributed by atoms with Crippen LogP contribution in [0.5, 0.6) is 0 Å². The molecule has 0 radical (unpaired) electrons. The lowest BCUT2D eigenvalue weighted by Gasteiger charge is -2.37. The number of rotatable bonds is 7. The summed E-state index contributed by atoms with van der Waals surface area (Å²) in [5.74, 6) is 0.105. The molecule has 4 nitrogen and oxygen atoms in total. The summed E-state index contributed by atoms with van der Waals surface area (Å²) in [7, 11) is 1.73. The van der Waals surface area contributed by atoms with Crippen LogP contribution in [0.15, 0.2) is 11.4 Å². The number of hydrogen-bond acceptors (Lipinski definition) is 4. The van der Waals surface area contributed by atoms with Gasteiger partial charge in [-0.25, -0.2) is 0 Å². The van der Waals surface area contributed by atoms with Gasteiger partial charge in [0.25, 0.3) is 0 Å². The highest BCUT2D eigenvalue weighted by atomic mass is 35.5. The van der Waals surface area contributed by atoms with Gasteiger partial charge in [0.1, 0.15) is 0 Å². The molecule has 1 aliphatic rings. The first-order valence-electron chi connectivity index (χ1n) is 7.33. The summed E-state index contributed by atoms with van der Waals surface area (Å²) in [6.07, 6.45) is 3.35. The van der Waals surface area contributed by atoms with Gasteiger partial charge in [-0.1, -0.05) is 11.6 Å². The number of aryl methyl sites for hydroxylation is 1. The highest BCUT2D eigenvalue weighted by Crippen LogP contribution is 2.28. The van der Waals surface area contributed by atoms with Gasteiger partial charge >= 0.3 is 0 Å². The third-order valence-electron chi connectivity index (χ3n) is 4.00. The average molecular weight is 331 g/mol. The van der Waals surface area contributed by atoms with Gasteiger partial charge in [-0.3, -0.25) is 4.79 Å². The van der Waals surface area contributed by atoms with E-state index in [1.165, 1.54) is 0 Å². The van der Waals surface area contributed by atoms with Crippen molar-refractivity contribution >= 4 is 28.8 Å². The zero-order valence-electron chi connectivity index (χ0n) is 12.4. The Morgan fingerprint density at radius 3 is 2.90 bits per heavy atom. The fourth-order valence-corrected chi connectivity index (χ4v) is 3.81. The van der Waals surface area contributed by atoms with Gasteiger partial charge in [0.15, 0.2) is 0 Å². The number of hydrogen-bond donors (Lipinski definition) is 2. The van der Waals surface area contributed by atoms with Gasteiger partial charge < -0.3 is 15.4 Å². The smallest absolute Gasteiger partial charge is 0.220 e. The van der Waals surface area contributed by atoms with Crippen molar-refractivity contribution < 1.29 is 9.53 Å². The van der Waals surface area contributed by atoms with Crippen molar-refractivity contribution in [3.8, 4) is 0 Å². The topological polar surface area (TPSA) is 50.4 Å². The second-order valence-corrected chi connectivity index (χ2v) is 7.12. The zero-order chi connectivity index (χ0) is 15.1. The maximum atomic E-state index is 12.0. The minimum atomic E-state index is 0.0852. The molecule has 2 heterocycles. The van der Waals surface area contributed by atoms with E-state index in [9.17, 15) is 4.79 Å². The van der Waals surface area contributed by atoms with Gasteiger partial charge in [-0.2, -0.15) is 0 Å². The van der Waals surface area contributed by atoms with E-state index < -0.39 is 0 Å². The standard InChI is InChI=1S/C15H23ClN2O2S/c1-20-11-15(4-6-17-7-5-15)10-18-14(19)3-2-13-8-12(16)9-21-13/h8-9,17H,2-7,10-11H2,1H3,(H,18,19). The van der Waals surface area contributed by atoms with Gasteiger partial charge in [-0.15, -0.1) is 11.3 Å². The highest BCUT2D eigenvalue weighted by Gasteiger charge is 2.32. The Morgan fingerprint density at radius 2 is 2.29 bits per heavy atom. The molecule has 118 valence electrons. The molecular weight excluding hydrogens is 308 g/mol. The molecule has 1 fully saturated rings. The Kier molecular flexibility index (Phi) is 6.48. The average Bonchev–Trinajstić information content (AvgIpc) is 2.90. The number of amides is 1. The predicted molar refractivity (Wildman–Crippen MR) is 87.1 cm³/mol. The number of piperidine rings is 1. The number of thiophene rings is 1. The summed E-state index contributed by atoms with van der Waals surface area (Å²) in [4.78, 5) is 13.2. The van der Waals surface area contributed by atoms with Crippen LogP contribution >= 0.6 is 22.9 Å². The Bertz CT molecular complexity index is 453. The van der Waals surface area contributed by atoms with E-state index in [-0.39, 0.29) is 11.3 Å². The van der Waals surface area contributed by atoms with E-state index in [1.54, 1.807) is 18.4 Å². The summed E-state index contributed by atoms with van der Waals surface area (Å²) in [5.41, 5.74) is 0.0852. The molecule has 0 aliphatic carbocycles. The number of methoxy groups -OCH3 is 1. The number of ether oxygens (including phenoxy) is 1. The Balaban J connectivity index is 1.76. The molecule has 0 saturated carbocycles. The van der Waals surface area contributed by atoms with Gasteiger partial charge in [0, 0.05) is 35.7 Å². The normalized spacial score (nSPS) is 17.6. The van der Waals surface area contributed by atoms with E-state index in [0.29, 0.717) is 19.6 Å². The first kappa shape index (κ1) is 16.7. The molecule has 2 N–H and O–H groups in total. The minimum absolute atomic E-state index is 0.0852. The first-order chi connectivity index (χ1) is 10.1. The monoisotopic (exact) mass is 330 g/mol. The van der Waals surface area contributed by atoms with Gasteiger partial charge in [0.2, 0.25) is 5.91 Å². The second kappa shape index (κ2) is 8.13. The van der Waals surface area contributed by atoms with Crippen LogP contribution in [0.3, 0.4) is 0 Å². The molecular formula is C15H23ClN2O2S. The lowest BCUT2D eigenvalue weighted by atomic mass is 9.79. The van der Waals surface area contributed by atoms with Crippen molar-refractivity contribution in [2.75, 3.05) is 33.4 Å². The van der Waals surface area contributed by atoms with Crippen molar-refractivity contribution in [1.82, 2.24) is 10.6 Å². The number of carbonyl (C=O) groups excluding carboxylic acids is 1. The third-order valence-corrected chi connectivity index (χ3v) is 5.34. The van der Waals surface area contributed by atoms with Crippen molar-refractivity contribution in [3.05, 3.63) is 21.3 Å². The fraction of sp³-hybridized carbons (Fsp3) is 0.667. The SMILES string of the molecule is COCC1(CNC(=O)CCc2cc(Cl)cs2)CCNCC1. The van der Waals surface area contributed by atoms with E-state index in [4.69, 9.17) is 16.3 Å². The largest absolute Gasteiger partial charge is 0.384 e. The van der Waals surface area contributed by atoms with Crippen LogP contribution in [0, 0.1) is 5.41 Å². The summed E-state index contributed by atoms with van der Waals surface area (Å²) in [6, 6.07) is 1.93. The lowest BCUT2D eigenvalue weighted by molar-refractivity contribution is -0.121. The first-order valence-corrected chi connectivity index (χ1v) is 8.59. The number of nitrogens with one attached hydrogen (secondary N) is 2. The van der Waals surface area contributed by atoms with E-state index in [0.717, 1.165) is 42.3 Å². The maximum absolute atomic E-state index is 12.0. The molecule has 1 aromatic rings. The molecule has 2 rings (SSSR count). The van der Waals surface area contributed by atoms with E-state index in [1.807, 2.05) is 11.4 Å². The van der Waals surface area contributed by atoms with Gasteiger partial charge in [-0.05, 0) is 38.4 Å². The van der Waals surface area contributed by atoms with Gasteiger partial charge in [0.05, 0.1) is 11.6 Å². The molecule has 1 aliphatic heterocycles. The molecule has 0 atom stereocenters. The molecule has 0 spiro atoms. The van der Waals surface area contributed by atoms with E-state index >= 15 is 0 Å². The van der Waals surface area contributed by atoms with Crippen LogP contribution < -0.4 is 10.6 Å². The summed E-state index contributed by atoms with van der Waals surface area (Å²) in [6.45, 7) is 3.39. The van der Waals surface area contributed by atoms with Crippen LogP contribution in [-0.4, -0.2) is 39.3 Å². The Morgan fingerprint density at radius 1 is 1.52 bits per heavy atom. The van der Waals surface area contributed by atoms with Crippen LogP contribution in [0.2, 0.25) is 5.02 Å². The fourth-order valence-electron chi connectivity index (χ4n) is 2.73. The quantitative estimate of drug-likeness (QED) is 0.807.